The number of ether oxygens (including phenoxy) is 3. The molecule has 0 bridgehead atoms. The highest BCUT2D eigenvalue weighted by atomic mass is 16.6. The van der Waals surface area contributed by atoms with Crippen LogP contribution in [0.5, 0.6) is 0 Å². The number of esters is 2. The Morgan fingerprint density at radius 2 is 1.54 bits per heavy atom. The molecule has 0 aliphatic carbocycles. The first-order valence-corrected chi connectivity index (χ1v) is 7.13. The molecule has 0 saturated heterocycles. The van der Waals surface area contributed by atoms with E-state index in [0.717, 1.165) is 20.6 Å². The van der Waals surface area contributed by atoms with Gasteiger partial charge >= 0.3 is 30.2 Å². The third-order valence-electron chi connectivity index (χ3n) is 2.22. The molecule has 0 aromatic heterocycles. The predicted molar refractivity (Wildman–Crippen MR) is 87.1 cm³/mol. The van der Waals surface area contributed by atoms with Crippen LogP contribution in [0.4, 0.5) is 14.4 Å². The smallest absolute Gasteiger partial charge is 0.418 e. The minimum absolute atomic E-state index is 0.513. The fourth-order valence-electron chi connectivity index (χ4n) is 0.989. The van der Waals surface area contributed by atoms with Crippen LogP contribution in [-0.2, 0) is 23.8 Å². The number of carbonyl (C=O) groups excluding carboxylic acids is 4. The first kappa shape index (κ1) is 24.9. The van der Waals surface area contributed by atoms with E-state index in [1.807, 2.05) is 6.92 Å². The number of carbonyl (C=O) groups is 5. The molecule has 12 heteroatoms. The van der Waals surface area contributed by atoms with Crippen LogP contribution in [0, 0.1) is 0 Å². The van der Waals surface area contributed by atoms with Crippen molar-refractivity contribution in [2.45, 2.75) is 13.3 Å². The van der Waals surface area contributed by atoms with Gasteiger partial charge in [0.2, 0.25) is 0 Å². The van der Waals surface area contributed by atoms with Gasteiger partial charge in [-0.05, 0) is 6.42 Å². The Hall–Kier alpha value is -3.31. The van der Waals surface area contributed by atoms with Crippen molar-refractivity contribution in [2.75, 3.05) is 34.9 Å². The molecule has 148 valence electrons. The molecule has 0 rings (SSSR count). The first-order chi connectivity index (χ1) is 12.1. The lowest BCUT2D eigenvalue weighted by molar-refractivity contribution is -0.144. The van der Waals surface area contributed by atoms with Crippen LogP contribution in [-0.4, -0.2) is 75.1 Å². The van der Waals surface area contributed by atoms with Crippen molar-refractivity contribution >= 4 is 30.2 Å². The molecule has 26 heavy (non-hydrogen) atoms. The molecule has 3 N–H and O–H groups in total. The summed E-state index contributed by atoms with van der Waals surface area (Å²) in [5, 5.41) is 12.3. The Morgan fingerprint density at radius 3 is 1.88 bits per heavy atom. The Balaban J connectivity index is 0. The minimum Gasteiger partial charge on any atom is -0.465 e. The second kappa shape index (κ2) is 14.1. The van der Waals surface area contributed by atoms with Crippen LogP contribution in [0.2, 0.25) is 0 Å². The molecule has 0 aliphatic heterocycles. The maximum atomic E-state index is 10.9. The zero-order valence-electron chi connectivity index (χ0n) is 15.2. The topological polar surface area (TPSA) is 161 Å². The predicted octanol–water partition coefficient (Wildman–Crippen LogP) is 0.288. The highest BCUT2D eigenvalue weighted by Gasteiger charge is 2.19. The van der Waals surface area contributed by atoms with Crippen LogP contribution < -0.4 is 10.6 Å². The molecular weight excluding hydrogens is 354 g/mol. The lowest BCUT2D eigenvalue weighted by Crippen LogP contribution is -2.32. The Morgan fingerprint density at radius 1 is 1.04 bits per heavy atom. The molecule has 12 nitrogen and oxygen atoms in total. The van der Waals surface area contributed by atoms with Gasteiger partial charge in [0.25, 0.3) is 0 Å². The SMILES string of the molecule is CCCNC(=O)OC(=O)N(C)C.COC(=O)C(=CNC(=O)O)C(=O)OC. The van der Waals surface area contributed by atoms with E-state index in [4.69, 9.17) is 5.11 Å². The number of carboxylic acid groups (broad SMARTS) is 1. The average molecular weight is 377 g/mol. The minimum atomic E-state index is -1.41. The summed E-state index contributed by atoms with van der Waals surface area (Å²) < 4.78 is 12.8. The molecule has 0 unspecified atom stereocenters. The number of alkyl carbamates (subject to hydrolysis) is 1. The monoisotopic (exact) mass is 377 g/mol. The summed E-state index contributed by atoms with van der Waals surface area (Å²) in [5.74, 6) is -1.96. The maximum Gasteiger partial charge on any atom is 0.418 e. The first-order valence-electron chi connectivity index (χ1n) is 7.13. The third-order valence-corrected chi connectivity index (χ3v) is 2.22. The molecular formula is C14H23N3O9. The van der Waals surface area contributed by atoms with Gasteiger partial charge in [0, 0.05) is 26.8 Å². The van der Waals surface area contributed by atoms with Gasteiger partial charge in [0.1, 0.15) is 0 Å². The average Bonchev–Trinajstić information content (AvgIpc) is 2.59. The van der Waals surface area contributed by atoms with E-state index in [1.54, 1.807) is 5.32 Å². The summed E-state index contributed by atoms with van der Waals surface area (Å²) in [6, 6.07) is 0. The Bertz CT molecular complexity index is 526. The van der Waals surface area contributed by atoms with Gasteiger partial charge in [0.05, 0.1) is 14.2 Å². The lowest BCUT2D eigenvalue weighted by atomic mass is 10.3. The van der Waals surface area contributed by atoms with E-state index < -0.39 is 35.8 Å². The van der Waals surface area contributed by atoms with Crippen molar-refractivity contribution in [2.24, 2.45) is 0 Å². The zero-order valence-corrected chi connectivity index (χ0v) is 15.2. The number of nitrogens with one attached hydrogen (secondary N) is 2. The van der Waals surface area contributed by atoms with Crippen molar-refractivity contribution in [3.63, 3.8) is 0 Å². The van der Waals surface area contributed by atoms with Crippen molar-refractivity contribution in [1.82, 2.24) is 15.5 Å². The summed E-state index contributed by atoms with van der Waals surface area (Å²) in [6.45, 7) is 2.42. The normalized spacial score (nSPS) is 8.65. The summed E-state index contributed by atoms with van der Waals surface area (Å²) in [7, 11) is 5.13. The van der Waals surface area contributed by atoms with Crippen molar-refractivity contribution in [3.05, 3.63) is 11.8 Å². The zero-order chi connectivity index (χ0) is 20.7. The molecule has 0 heterocycles. The quantitative estimate of drug-likeness (QED) is 0.201. The van der Waals surface area contributed by atoms with Crippen molar-refractivity contribution in [3.8, 4) is 0 Å². The van der Waals surface area contributed by atoms with E-state index in [0.29, 0.717) is 12.7 Å². The molecule has 0 saturated carbocycles. The van der Waals surface area contributed by atoms with E-state index >= 15 is 0 Å². The van der Waals surface area contributed by atoms with Gasteiger partial charge < -0.3 is 29.5 Å². The van der Waals surface area contributed by atoms with Crippen molar-refractivity contribution in [1.29, 1.82) is 0 Å². The Kier molecular flexibility index (Phi) is 13.5. The van der Waals surface area contributed by atoms with Gasteiger partial charge in [-0.3, -0.25) is 5.32 Å². The Labute approximate surface area is 150 Å². The fourth-order valence-corrected chi connectivity index (χ4v) is 0.989. The van der Waals surface area contributed by atoms with Crippen molar-refractivity contribution < 1.29 is 43.3 Å². The van der Waals surface area contributed by atoms with Crippen LogP contribution in [0.15, 0.2) is 11.8 Å². The molecule has 0 spiro atoms. The van der Waals surface area contributed by atoms with Crippen LogP contribution in [0.3, 0.4) is 0 Å². The second-order valence-electron chi connectivity index (χ2n) is 4.47. The third kappa shape index (κ3) is 12.2. The van der Waals surface area contributed by atoms with E-state index in [-0.39, 0.29) is 0 Å². The largest absolute Gasteiger partial charge is 0.465 e. The van der Waals surface area contributed by atoms with Crippen LogP contribution >= 0.6 is 0 Å². The molecule has 0 aromatic carbocycles. The van der Waals surface area contributed by atoms with Gasteiger partial charge in [0.15, 0.2) is 5.57 Å². The standard InChI is InChI=1S/C7H14N2O3.C7H9NO6/c1-4-5-8-6(10)12-7(11)9(2)3;1-13-5(9)4(6(10)14-2)3-8-7(11)12/h4-5H2,1-3H3,(H,8,10);3,8H,1-2H3,(H,11,12). The summed E-state index contributed by atoms with van der Waals surface area (Å²) in [5.41, 5.74) is -0.530. The van der Waals surface area contributed by atoms with Crippen LogP contribution in [0.1, 0.15) is 13.3 Å². The maximum absolute atomic E-state index is 10.9. The highest BCUT2D eigenvalue weighted by molar-refractivity contribution is 6.14. The van der Waals surface area contributed by atoms with Gasteiger partial charge in [-0.25, -0.2) is 24.0 Å². The lowest BCUT2D eigenvalue weighted by Gasteiger charge is -2.09. The summed E-state index contributed by atoms with van der Waals surface area (Å²) in [6.07, 6.45) is -1.26. The van der Waals surface area contributed by atoms with E-state index in [9.17, 15) is 24.0 Å². The highest BCUT2D eigenvalue weighted by Crippen LogP contribution is 1.98. The van der Waals surface area contributed by atoms with Gasteiger partial charge in [-0.1, -0.05) is 6.92 Å². The number of amides is 3. The number of rotatable bonds is 5. The fraction of sp³-hybridized carbons (Fsp3) is 0.500. The second-order valence-corrected chi connectivity index (χ2v) is 4.47. The number of methoxy groups -OCH3 is 2. The number of nitrogens with zero attached hydrogens (tertiary/aromatic N) is 1. The number of hydrogen-bond donors (Lipinski definition) is 3. The van der Waals surface area contributed by atoms with E-state index in [1.165, 1.54) is 19.0 Å². The summed E-state index contributed by atoms with van der Waals surface area (Å²) in [4.78, 5) is 54.5. The molecule has 0 fully saturated rings. The molecule has 0 aromatic rings. The van der Waals surface area contributed by atoms with Crippen LogP contribution in [0.25, 0.3) is 0 Å². The molecule has 0 radical (unpaired) electrons. The molecule has 0 aliphatic rings. The van der Waals surface area contributed by atoms with Gasteiger partial charge in [-0.15, -0.1) is 0 Å². The van der Waals surface area contributed by atoms with Gasteiger partial charge in [-0.2, -0.15) is 0 Å². The summed E-state index contributed by atoms with van der Waals surface area (Å²) >= 11 is 0. The van der Waals surface area contributed by atoms with E-state index in [2.05, 4.69) is 19.5 Å². The molecule has 3 amide bonds. The molecule has 0 atom stereocenters. The number of hydrogen-bond acceptors (Lipinski definition) is 8.